The van der Waals surface area contributed by atoms with Gasteiger partial charge in [-0.05, 0) is 12.8 Å². The van der Waals surface area contributed by atoms with Gasteiger partial charge >= 0.3 is 0 Å². The number of rotatable bonds is 4. The molecule has 3 rings (SSSR count). The Bertz CT molecular complexity index is 676. The first-order chi connectivity index (χ1) is 11.1. The maximum Gasteiger partial charge on any atom is 0.157 e. The number of aliphatic hydroxyl groups is 1. The zero-order valence-corrected chi connectivity index (χ0v) is 14.0. The Morgan fingerprint density at radius 3 is 2.91 bits per heavy atom. The van der Waals surface area contributed by atoms with Crippen LogP contribution in [-0.2, 0) is 7.05 Å². The Labute approximate surface area is 140 Å². The molecule has 7 nitrogen and oxygen atoms in total. The van der Waals surface area contributed by atoms with Crippen molar-refractivity contribution in [2.45, 2.75) is 18.9 Å². The van der Waals surface area contributed by atoms with E-state index in [1.165, 1.54) is 6.33 Å². The van der Waals surface area contributed by atoms with Gasteiger partial charge in [-0.2, -0.15) is 0 Å². The minimum absolute atomic E-state index is 0.100. The summed E-state index contributed by atoms with van der Waals surface area (Å²) in [6, 6.07) is 0. The van der Waals surface area contributed by atoms with Gasteiger partial charge in [0.15, 0.2) is 11.0 Å². The highest BCUT2D eigenvalue weighted by molar-refractivity contribution is 6.32. The van der Waals surface area contributed by atoms with E-state index in [0.717, 1.165) is 30.9 Å². The van der Waals surface area contributed by atoms with Crippen LogP contribution in [0.25, 0.3) is 0 Å². The largest absolute Gasteiger partial charge is 0.385 e. The van der Waals surface area contributed by atoms with Crippen molar-refractivity contribution in [1.29, 1.82) is 0 Å². The van der Waals surface area contributed by atoms with E-state index in [1.54, 1.807) is 13.2 Å². The molecule has 23 heavy (non-hydrogen) atoms. The molecule has 2 aromatic heterocycles. The van der Waals surface area contributed by atoms with Crippen LogP contribution < -0.4 is 10.2 Å². The first-order valence-corrected chi connectivity index (χ1v) is 8.08. The van der Waals surface area contributed by atoms with E-state index >= 15 is 0 Å². The number of halogens is 1. The average Bonchev–Trinajstić information content (AvgIpc) is 3.00. The molecule has 124 valence electrons. The van der Waals surface area contributed by atoms with Crippen molar-refractivity contribution in [3.05, 3.63) is 29.7 Å². The lowest BCUT2D eigenvalue weighted by Gasteiger charge is -2.36. The van der Waals surface area contributed by atoms with Gasteiger partial charge in [0.05, 0.1) is 0 Å². The topological polar surface area (TPSA) is 79.1 Å². The van der Waals surface area contributed by atoms with Gasteiger partial charge in [0, 0.05) is 45.5 Å². The van der Waals surface area contributed by atoms with E-state index in [0.29, 0.717) is 17.5 Å². The zero-order chi connectivity index (χ0) is 16.4. The fraction of sp³-hybridized carbons (Fsp3) is 0.533. The van der Waals surface area contributed by atoms with Crippen LogP contribution in [0.3, 0.4) is 0 Å². The molecule has 2 atom stereocenters. The highest BCUT2D eigenvalue weighted by atomic mass is 35.5. The molecule has 1 aliphatic heterocycles. The van der Waals surface area contributed by atoms with Gasteiger partial charge in [-0.1, -0.05) is 11.6 Å². The minimum atomic E-state index is -0.590. The second-order valence-electron chi connectivity index (χ2n) is 5.80. The number of imidazole rings is 1. The Balaban J connectivity index is 1.81. The molecule has 1 fully saturated rings. The molecule has 0 aliphatic carbocycles. The summed E-state index contributed by atoms with van der Waals surface area (Å²) < 4.78 is 1.87. The summed E-state index contributed by atoms with van der Waals surface area (Å²) in [4.78, 5) is 14.8. The molecular formula is C15H21ClN6O. The number of nitrogens with one attached hydrogen (secondary N) is 1. The number of hydrogen-bond donors (Lipinski definition) is 2. The molecule has 2 aromatic rings. The van der Waals surface area contributed by atoms with E-state index in [-0.39, 0.29) is 5.92 Å². The Hall–Kier alpha value is -1.86. The second kappa shape index (κ2) is 6.72. The number of aryl methyl sites for hydroxylation is 1. The Kier molecular flexibility index (Phi) is 4.68. The predicted molar refractivity (Wildman–Crippen MR) is 89.7 cm³/mol. The smallest absolute Gasteiger partial charge is 0.157 e. The van der Waals surface area contributed by atoms with Crippen molar-refractivity contribution in [1.82, 2.24) is 19.5 Å². The van der Waals surface area contributed by atoms with Gasteiger partial charge in [-0.25, -0.2) is 15.0 Å². The molecule has 1 saturated heterocycles. The molecule has 0 aromatic carbocycles. The minimum Gasteiger partial charge on any atom is -0.385 e. The number of piperidine rings is 1. The van der Waals surface area contributed by atoms with Crippen LogP contribution in [0.1, 0.15) is 24.8 Å². The van der Waals surface area contributed by atoms with Crippen LogP contribution >= 0.6 is 11.6 Å². The number of aliphatic hydroxyl groups excluding tert-OH is 1. The van der Waals surface area contributed by atoms with Gasteiger partial charge in [0.25, 0.3) is 0 Å². The third-order valence-electron chi connectivity index (χ3n) is 4.36. The van der Waals surface area contributed by atoms with E-state index in [2.05, 4.69) is 25.2 Å². The monoisotopic (exact) mass is 336 g/mol. The van der Waals surface area contributed by atoms with Gasteiger partial charge in [-0.3, -0.25) is 0 Å². The summed E-state index contributed by atoms with van der Waals surface area (Å²) in [6.45, 7) is 1.59. The molecule has 0 radical (unpaired) electrons. The first-order valence-electron chi connectivity index (χ1n) is 7.70. The van der Waals surface area contributed by atoms with E-state index in [9.17, 15) is 5.11 Å². The number of hydrogen-bond acceptors (Lipinski definition) is 6. The highest BCUT2D eigenvalue weighted by Crippen LogP contribution is 2.34. The first kappa shape index (κ1) is 16.0. The van der Waals surface area contributed by atoms with Crippen molar-refractivity contribution in [2.24, 2.45) is 13.0 Å². The van der Waals surface area contributed by atoms with Crippen molar-refractivity contribution in [3.63, 3.8) is 0 Å². The third kappa shape index (κ3) is 3.11. The summed E-state index contributed by atoms with van der Waals surface area (Å²) >= 11 is 6.15. The maximum absolute atomic E-state index is 10.7. The fourth-order valence-corrected chi connectivity index (χ4v) is 3.37. The average molecular weight is 337 g/mol. The van der Waals surface area contributed by atoms with E-state index in [1.807, 2.05) is 17.8 Å². The number of nitrogens with zero attached hydrogens (tertiary/aromatic N) is 5. The predicted octanol–water partition coefficient (Wildman–Crippen LogP) is 1.86. The lowest BCUT2D eigenvalue weighted by molar-refractivity contribution is 0.0874. The quantitative estimate of drug-likeness (QED) is 0.830. The number of anilines is 2. The molecule has 2 unspecified atom stereocenters. The lowest BCUT2D eigenvalue weighted by Crippen LogP contribution is -2.39. The van der Waals surface area contributed by atoms with Crippen LogP contribution in [0.4, 0.5) is 11.5 Å². The normalized spacial score (nSPS) is 19.7. The summed E-state index contributed by atoms with van der Waals surface area (Å²) in [5.41, 5.74) is 0.723. The summed E-state index contributed by atoms with van der Waals surface area (Å²) in [5.74, 6) is 1.58. The molecule has 0 saturated carbocycles. The van der Waals surface area contributed by atoms with Crippen molar-refractivity contribution in [3.8, 4) is 0 Å². The summed E-state index contributed by atoms with van der Waals surface area (Å²) in [5, 5.41) is 14.1. The summed E-state index contributed by atoms with van der Waals surface area (Å²) in [6.07, 6.45) is 6.38. The van der Waals surface area contributed by atoms with E-state index < -0.39 is 6.10 Å². The third-order valence-corrected chi connectivity index (χ3v) is 4.64. The van der Waals surface area contributed by atoms with Crippen LogP contribution in [0.2, 0.25) is 5.15 Å². The SMILES string of the molecule is CNc1c(Cl)ncnc1N1CCCC(C(O)c2nccn2C)C1. The van der Waals surface area contributed by atoms with Crippen molar-refractivity contribution < 1.29 is 5.11 Å². The van der Waals surface area contributed by atoms with Crippen LogP contribution in [0, 0.1) is 5.92 Å². The lowest BCUT2D eigenvalue weighted by atomic mass is 9.92. The summed E-state index contributed by atoms with van der Waals surface area (Å²) in [7, 11) is 3.70. The van der Waals surface area contributed by atoms with Gasteiger partial charge in [0.2, 0.25) is 0 Å². The maximum atomic E-state index is 10.7. The van der Waals surface area contributed by atoms with Crippen LogP contribution in [0.5, 0.6) is 0 Å². The molecule has 2 N–H and O–H groups in total. The van der Waals surface area contributed by atoms with E-state index in [4.69, 9.17) is 11.6 Å². The zero-order valence-electron chi connectivity index (χ0n) is 13.3. The molecule has 1 aliphatic rings. The second-order valence-corrected chi connectivity index (χ2v) is 6.16. The van der Waals surface area contributed by atoms with Crippen molar-refractivity contribution >= 4 is 23.1 Å². The molecular weight excluding hydrogens is 316 g/mol. The molecule has 3 heterocycles. The van der Waals surface area contributed by atoms with Crippen LogP contribution in [0.15, 0.2) is 18.7 Å². The Morgan fingerprint density at radius 1 is 1.39 bits per heavy atom. The molecule has 0 spiro atoms. The van der Waals surface area contributed by atoms with Crippen molar-refractivity contribution in [2.75, 3.05) is 30.4 Å². The van der Waals surface area contributed by atoms with Gasteiger partial charge in [-0.15, -0.1) is 0 Å². The molecule has 8 heteroatoms. The highest BCUT2D eigenvalue weighted by Gasteiger charge is 2.30. The molecule has 0 amide bonds. The molecule has 0 bridgehead atoms. The standard InChI is InChI=1S/C15H21ClN6O/c1-17-11-13(16)19-9-20-14(11)22-6-3-4-10(8-22)12(23)15-18-5-7-21(15)2/h5,7,9-10,12,17,23H,3-4,6,8H2,1-2H3. The number of aromatic nitrogens is 4. The van der Waals surface area contributed by atoms with Crippen LogP contribution in [-0.4, -0.2) is 44.8 Å². The van der Waals surface area contributed by atoms with Gasteiger partial charge in [0.1, 0.15) is 23.9 Å². The fourth-order valence-electron chi connectivity index (χ4n) is 3.14. The Morgan fingerprint density at radius 2 is 2.22 bits per heavy atom. The van der Waals surface area contributed by atoms with Gasteiger partial charge < -0.3 is 19.9 Å².